The molecule has 0 saturated carbocycles. The quantitative estimate of drug-likeness (QED) is 0.691. The van der Waals surface area contributed by atoms with Gasteiger partial charge in [0.1, 0.15) is 5.75 Å². The van der Waals surface area contributed by atoms with Crippen molar-refractivity contribution in [3.8, 4) is 5.75 Å². The summed E-state index contributed by atoms with van der Waals surface area (Å²) in [5.41, 5.74) is 6.91. The smallest absolute Gasteiger partial charge is 0.337 e. The van der Waals surface area contributed by atoms with Gasteiger partial charge in [0.15, 0.2) is 0 Å². The first-order valence-corrected chi connectivity index (χ1v) is 6.75. The Labute approximate surface area is 121 Å². The van der Waals surface area contributed by atoms with Crippen LogP contribution in [0.5, 0.6) is 5.75 Å². The first-order chi connectivity index (χ1) is 9.63. The van der Waals surface area contributed by atoms with E-state index in [1.165, 1.54) is 7.11 Å². The van der Waals surface area contributed by atoms with Gasteiger partial charge >= 0.3 is 5.97 Å². The first kappa shape index (κ1) is 14.3. The number of carbonyl (C=O) groups excluding carboxylic acids is 1. The molecule has 0 amide bonds. The topological polar surface area (TPSA) is 61.5 Å². The molecule has 104 valence electrons. The highest BCUT2D eigenvalue weighted by atomic mass is 32.2. The minimum atomic E-state index is -0.341. The van der Waals surface area contributed by atoms with Crippen molar-refractivity contribution in [3.05, 3.63) is 48.0 Å². The third-order valence-corrected chi connectivity index (χ3v) is 3.76. The molecule has 2 rings (SSSR count). The van der Waals surface area contributed by atoms with Crippen LogP contribution in [0.1, 0.15) is 10.4 Å². The molecule has 0 aromatic heterocycles. The number of hydrogen-bond acceptors (Lipinski definition) is 5. The van der Waals surface area contributed by atoms with Gasteiger partial charge in [-0.05, 0) is 36.4 Å². The number of nitrogen functional groups attached to an aromatic ring is 1. The van der Waals surface area contributed by atoms with Crippen molar-refractivity contribution in [3.63, 3.8) is 0 Å². The van der Waals surface area contributed by atoms with Crippen LogP contribution < -0.4 is 10.5 Å². The van der Waals surface area contributed by atoms with E-state index in [1.807, 2.05) is 24.3 Å². The molecule has 0 atom stereocenters. The number of hydrogen-bond donors (Lipinski definition) is 1. The fraction of sp³-hybridized carbons (Fsp3) is 0.133. The lowest BCUT2D eigenvalue weighted by molar-refractivity contribution is 0.0600. The summed E-state index contributed by atoms with van der Waals surface area (Å²) in [5.74, 6) is 0.388. The fourth-order valence-corrected chi connectivity index (χ4v) is 2.58. The molecule has 2 aromatic rings. The zero-order chi connectivity index (χ0) is 14.5. The summed E-state index contributed by atoms with van der Waals surface area (Å²) in [6, 6.07) is 12.7. The molecule has 2 N–H and O–H groups in total. The summed E-state index contributed by atoms with van der Waals surface area (Å²) < 4.78 is 9.97. The van der Waals surface area contributed by atoms with Gasteiger partial charge in [0.05, 0.1) is 24.7 Å². The van der Waals surface area contributed by atoms with Gasteiger partial charge in [-0.2, -0.15) is 0 Å². The highest BCUT2D eigenvalue weighted by molar-refractivity contribution is 7.99. The largest absolute Gasteiger partial charge is 0.495 e. The Morgan fingerprint density at radius 1 is 1.10 bits per heavy atom. The highest BCUT2D eigenvalue weighted by Gasteiger charge is 2.08. The average Bonchev–Trinajstić information content (AvgIpc) is 2.49. The molecular weight excluding hydrogens is 274 g/mol. The van der Waals surface area contributed by atoms with E-state index in [2.05, 4.69) is 4.74 Å². The van der Waals surface area contributed by atoms with E-state index < -0.39 is 0 Å². The van der Waals surface area contributed by atoms with Crippen LogP contribution in [0.2, 0.25) is 0 Å². The van der Waals surface area contributed by atoms with Gasteiger partial charge in [0, 0.05) is 16.6 Å². The Hall–Kier alpha value is -2.14. The SMILES string of the molecule is COC(=O)c1ccc(Sc2ccc(N)cc2OC)cc1. The van der Waals surface area contributed by atoms with Crippen molar-refractivity contribution in [2.45, 2.75) is 9.79 Å². The molecule has 0 unspecified atom stereocenters. The van der Waals surface area contributed by atoms with Crippen LogP contribution in [0.4, 0.5) is 5.69 Å². The number of anilines is 1. The second kappa shape index (κ2) is 6.34. The molecule has 0 aliphatic carbocycles. The van der Waals surface area contributed by atoms with Crippen LogP contribution in [0.25, 0.3) is 0 Å². The summed E-state index contributed by atoms with van der Waals surface area (Å²) in [5, 5.41) is 0. The molecular formula is C15H15NO3S. The molecule has 20 heavy (non-hydrogen) atoms. The molecule has 0 aliphatic heterocycles. The Balaban J connectivity index is 2.20. The molecule has 2 aromatic carbocycles. The summed E-state index contributed by atoms with van der Waals surface area (Å²) in [6.45, 7) is 0. The van der Waals surface area contributed by atoms with E-state index in [1.54, 1.807) is 37.1 Å². The maximum atomic E-state index is 11.4. The monoisotopic (exact) mass is 289 g/mol. The van der Waals surface area contributed by atoms with Gasteiger partial charge in [0.2, 0.25) is 0 Å². The van der Waals surface area contributed by atoms with Crippen molar-refractivity contribution >= 4 is 23.4 Å². The molecule has 0 aliphatic rings. The average molecular weight is 289 g/mol. The van der Waals surface area contributed by atoms with Crippen LogP contribution in [0, 0.1) is 0 Å². The first-order valence-electron chi connectivity index (χ1n) is 5.94. The molecule has 0 radical (unpaired) electrons. The van der Waals surface area contributed by atoms with Gasteiger partial charge in [-0.1, -0.05) is 11.8 Å². The number of rotatable bonds is 4. The van der Waals surface area contributed by atoms with Gasteiger partial charge in [-0.3, -0.25) is 0 Å². The van der Waals surface area contributed by atoms with Crippen molar-refractivity contribution in [2.75, 3.05) is 20.0 Å². The second-order valence-corrected chi connectivity index (χ2v) is 5.14. The summed E-state index contributed by atoms with van der Waals surface area (Å²) >= 11 is 1.54. The van der Waals surface area contributed by atoms with E-state index in [-0.39, 0.29) is 5.97 Å². The van der Waals surface area contributed by atoms with E-state index in [9.17, 15) is 4.79 Å². The molecule has 5 heteroatoms. The van der Waals surface area contributed by atoms with Gasteiger partial charge in [0.25, 0.3) is 0 Å². The van der Waals surface area contributed by atoms with Crippen LogP contribution in [0.3, 0.4) is 0 Å². The third-order valence-electron chi connectivity index (χ3n) is 2.69. The molecule has 0 fully saturated rings. The Morgan fingerprint density at radius 2 is 1.80 bits per heavy atom. The summed E-state index contributed by atoms with van der Waals surface area (Å²) in [4.78, 5) is 13.3. The normalized spacial score (nSPS) is 10.1. The van der Waals surface area contributed by atoms with Crippen LogP contribution >= 0.6 is 11.8 Å². The predicted molar refractivity (Wildman–Crippen MR) is 79.3 cm³/mol. The molecule has 4 nitrogen and oxygen atoms in total. The van der Waals surface area contributed by atoms with E-state index in [0.717, 1.165) is 15.5 Å². The molecule has 0 saturated heterocycles. The zero-order valence-corrected chi connectivity index (χ0v) is 12.1. The Bertz CT molecular complexity index is 611. The van der Waals surface area contributed by atoms with Gasteiger partial charge in [-0.25, -0.2) is 4.79 Å². The van der Waals surface area contributed by atoms with E-state index in [4.69, 9.17) is 10.5 Å². The number of esters is 1. The summed E-state index contributed by atoms with van der Waals surface area (Å²) in [6.07, 6.45) is 0. The molecule has 0 bridgehead atoms. The molecule has 0 spiro atoms. The Morgan fingerprint density at radius 3 is 2.40 bits per heavy atom. The van der Waals surface area contributed by atoms with Crippen molar-refractivity contribution in [2.24, 2.45) is 0 Å². The van der Waals surface area contributed by atoms with Crippen LogP contribution in [-0.2, 0) is 4.74 Å². The minimum absolute atomic E-state index is 0.341. The minimum Gasteiger partial charge on any atom is -0.495 e. The van der Waals surface area contributed by atoms with Crippen molar-refractivity contribution < 1.29 is 14.3 Å². The van der Waals surface area contributed by atoms with Gasteiger partial charge in [-0.15, -0.1) is 0 Å². The van der Waals surface area contributed by atoms with Crippen LogP contribution in [0.15, 0.2) is 52.3 Å². The summed E-state index contributed by atoms with van der Waals surface area (Å²) in [7, 11) is 2.98. The zero-order valence-electron chi connectivity index (χ0n) is 11.3. The number of benzene rings is 2. The third kappa shape index (κ3) is 3.24. The maximum Gasteiger partial charge on any atom is 0.337 e. The van der Waals surface area contributed by atoms with Crippen LogP contribution in [-0.4, -0.2) is 20.2 Å². The highest BCUT2D eigenvalue weighted by Crippen LogP contribution is 2.36. The number of nitrogens with two attached hydrogens (primary N) is 1. The van der Waals surface area contributed by atoms with E-state index >= 15 is 0 Å². The van der Waals surface area contributed by atoms with Crippen molar-refractivity contribution in [1.29, 1.82) is 0 Å². The van der Waals surface area contributed by atoms with Crippen molar-refractivity contribution in [1.82, 2.24) is 0 Å². The maximum absolute atomic E-state index is 11.4. The van der Waals surface area contributed by atoms with Gasteiger partial charge < -0.3 is 15.2 Å². The lowest BCUT2D eigenvalue weighted by Crippen LogP contribution is -2.00. The lowest BCUT2D eigenvalue weighted by Gasteiger charge is -2.09. The lowest BCUT2D eigenvalue weighted by atomic mass is 10.2. The molecule has 0 heterocycles. The van der Waals surface area contributed by atoms with E-state index in [0.29, 0.717) is 11.3 Å². The number of methoxy groups -OCH3 is 2. The number of carbonyl (C=O) groups is 1. The second-order valence-electron chi connectivity index (χ2n) is 4.03. The Kier molecular flexibility index (Phi) is 4.53. The predicted octanol–water partition coefficient (Wildman–Crippen LogP) is 3.22. The number of ether oxygens (including phenoxy) is 2. The standard InChI is InChI=1S/C15H15NO3S/c1-18-13-9-11(16)5-8-14(13)20-12-6-3-10(4-7-12)15(17)19-2/h3-9H,16H2,1-2H3. The fourth-order valence-electron chi connectivity index (χ4n) is 1.67.